The summed E-state index contributed by atoms with van der Waals surface area (Å²) < 4.78 is 40.7. The lowest BCUT2D eigenvalue weighted by atomic mass is 9.92. The number of nitrogens with one attached hydrogen (secondary N) is 2. The Balaban J connectivity index is 1.63. The molecule has 9 heteroatoms. The molecule has 3 aromatic rings. The number of pyridine rings is 1. The van der Waals surface area contributed by atoms with Crippen LogP contribution in [0.4, 0.5) is 19.0 Å². The fourth-order valence-corrected chi connectivity index (χ4v) is 3.30. The minimum Gasteiger partial charge on any atom is -0.365 e. The van der Waals surface area contributed by atoms with Crippen molar-refractivity contribution in [3.63, 3.8) is 0 Å². The average molecular weight is 382 g/mol. The van der Waals surface area contributed by atoms with Crippen LogP contribution in [0.1, 0.15) is 25.7 Å². The van der Waals surface area contributed by atoms with Crippen LogP contribution in [0, 0.1) is 5.82 Å². The number of fused-ring (bicyclic) bond motifs is 1. The summed E-state index contributed by atoms with van der Waals surface area (Å²) in [6.07, 6.45) is 4.36. The molecule has 0 radical (unpaired) electrons. The van der Waals surface area contributed by atoms with E-state index in [2.05, 4.69) is 25.3 Å². The van der Waals surface area contributed by atoms with Crippen LogP contribution in [0.15, 0.2) is 24.7 Å². The van der Waals surface area contributed by atoms with Crippen molar-refractivity contribution in [1.82, 2.24) is 19.9 Å². The monoisotopic (exact) mass is 381 g/mol. The van der Waals surface area contributed by atoms with E-state index in [1.807, 2.05) is 0 Å². The lowest BCUT2D eigenvalue weighted by Gasteiger charge is -2.29. The van der Waals surface area contributed by atoms with Crippen molar-refractivity contribution in [2.24, 2.45) is 0 Å². The zero-order valence-electron chi connectivity index (χ0n) is 13.6. The minimum atomic E-state index is -2.64. The van der Waals surface area contributed by atoms with E-state index in [4.69, 9.17) is 11.6 Å². The van der Waals surface area contributed by atoms with E-state index in [-0.39, 0.29) is 37.5 Å². The van der Waals surface area contributed by atoms with Gasteiger partial charge in [0.1, 0.15) is 5.65 Å². The summed E-state index contributed by atoms with van der Waals surface area (Å²) in [4.78, 5) is 15.5. The molecule has 3 aromatic heterocycles. The van der Waals surface area contributed by atoms with Crippen LogP contribution in [0.25, 0.3) is 22.4 Å². The van der Waals surface area contributed by atoms with Gasteiger partial charge in [0.15, 0.2) is 17.5 Å². The molecule has 0 amide bonds. The van der Waals surface area contributed by atoms with Crippen molar-refractivity contribution in [1.29, 1.82) is 0 Å². The van der Waals surface area contributed by atoms with E-state index in [1.165, 1.54) is 6.20 Å². The number of aromatic nitrogens is 4. The van der Waals surface area contributed by atoms with Gasteiger partial charge in [-0.2, -0.15) is 0 Å². The molecule has 5 nitrogen and oxygen atoms in total. The van der Waals surface area contributed by atoms with Gasteiger partial charge >= 0.3 is 0 Å². The first kappa shape index (κ1) is 17.1. The Morgan fingerprint density at radius 2 is 1.96 bits per heavy atom. The summed E-state index contributed by atoms with van der Waals surface area (Å²) in [5.41, 5.74) is 1.24. The molecule has 0 aliphatic heterocycles. The second-order valence-electron chi connectivity index (χ2n) is 6.42. The molecule has 0 bridgehead atoms. The SMILES string of the molecule is Fc1cnc(-c2c[nH]c3ncc(Cl)cc23)nc1NC1CCC(F)(F)CC1. The summed E-state index contributed by atoms with van der Waals surface area (Å²) in [6, 6.07) is 1.48. The molecule has 3 heterocycles. The van der Waals surface area contributed by atoms with Crippen LogP contribution in [0.5, 0.6) is 0 Å². The number of hydrogen-bond acceptors (Lipinski definition) is 4. The number of aromatic amines is 1. The van der Waals surface area contributed by atoms with E-state index in [0.29, 0.717) is 27.4 Å². The van der Waals surface area contributed by atoms with Crippen molar-refractivity contribution < 1.29 is 13.2 Å². The quantitative estimate of drug-likeness (QED) is 0.683. The number of nitrogens with zero attached hydrogens (tertiary/aromatic N) is 3. The maximum absolute atomic E-state index is 14.1. The molecule has 26 heavy (non-hydrogen) atoms. The second kappa shape index (κ2) is 6.42. The smallest absolute Gasteiger partial charge is 0.248 e. The van der Waals surface area contributed by atoms with Gasteiger partial charge in [-0.25, -0.2) is 28.1 Å². The van der Waals surface area contributed by atoms with Crippen LogP contribution in [-0.4, -0.2) is 31.9 Å². The molecule has 1 aliphatic rings. The lowest BCUT2D eigenvalue weighted by Crippen LogP contribution is -2.32. The van der Waals surface area contributed by atoms with Gasteiger partial charge < -0.3 is 10.3 Å². The Bertz CT molecular complexity index is 949. The summed E-state index contributed by atoms with van der Waals surface area (Å²) in [5.74, 6) is -2.95. The fourth-order valence-electron chi connectivity index (χ4n) is 3.14. The van der Waals surface area contributed by atoms with Crippen LogP contribution in [0.3, 0.4) is 0 Å². The number of rotatable bonds is 3. The van der Waals surface area contributed by atoms with Gasteiger partial charge in [-0.15, -0.1) is 0 Å². The highest BCUT2D eigenvalue weighted by atomic mass is 35.5. The molecule has 4 rings (SSSR count). The normalized spacial score (nSPS) is 17.5. The highest BCUT2D eigenvalue weighted by Crippen LogP contribution is 2.34. The molecular weight excluding hydrogens is 367 g/mol. The van der Waals surface area contributed by atoms with Crippen molar-refractivity contribution in [3.8, 4) is 11.4 Å². The molecule has 0 saturated heterocycles. The van der Waals surface area contributed by atoms with Gasteiger partial charge in [-0.1, -0.05) is 11.6 Å². The largest absolute Gasteiger partial charge is 0.365 e. The number of anilines is 1. The second-order valence-corrected chi connectivity index (χ2v) is 6.85. The maximum atomic E-state index is 14.1. The van der Waals surface area contributed by atoms with Crippen molar-refractivity contribution in [2.75, 3.05) is 5.32 Å². The van der Waals surface area contributed by atoms with Crippen molar-refractivity contribution in [3.05, 3.63) is 35.5 Å². The standard InChI is InChI=1S/C17H15ClF3N5/c18-9-5-11-12(7-23-14(11)22-6-9)15-24-8-13(19)16(26-15)25-10-1-3-17(20,21)4-2-10/h5-8,10H,1-4H2,(H,22,23)(H,24,25,26). The summed E-state index contributed by atoms with van der Waals surface area (Å²) in [5, 5.41) is 4.11. The van der Waals surface area contributed by atoms with Crippen LogP contribution in [-0.2, 0) is 0 Å². The Hall–Kier alpha value is -2.35. The summed E-state index contributed by atoms with van der Waals surface area (Å²) >= 11 is 5.99. The zero-order valence-corrected chi connectivity index (χ0v) is 14.3. The van der Waals surface area contributed by atoms with Crippen LogP contribution in [0.2, 0.25) is 5.02 Å². The minimum absolute atomic E-state index is 0.00885. The topological polar surface area (TPSA) is 66.5 Å². The number of alkyl halides is 2. The average Bonchev–Trinajstić information content (AvgIpc) is 3.01. The Kier molecular flexibility index (Phi) is 4.22. The van der Waals surface area contributed by atoms with E-state index < -0.39 is 11.7 Å². The molecule has 0 unspecified atom stereocenters. The third-order valence-electron chi connectivity index (χ3n) is 4.54. The fraction of sp³-hybridized carbons (Fsp3) is 0.353. The molecule has 0 atom stereocenters. The van der Waals surface area contributed by atoms with E-state index >= 15 is 0 Å². The first-order valence-corrected chi connectivity index (χ1v) is 8.59. The van der Waals surface area contributed by atoms with Gasteiger partial charge in [-0.3, -0.25) is 0 Å². The Morgan fingerprint density at radius 3 is 2.73 bits per heavy atom. The highest BCUT2D eigenvalue weighted by molar-refractivity contribution is 6.31. The lowest BCUT2D eigenvalue weighted by molar-refractivity contribution is -0.0361. The third kappa shape index (κ3) is 3.33. The maximum Gasteiger partial charge on any atom is 0.248 e. The highest BCUT2D eigenvalue weighted by Gasteiger charge is 2.35. The number of halogens is 4. The van der Waals surface area contributed by atoms with Gasteiger partial charge in [0.05, 0.1) is 11.2 Å². The third-order valence-corrected chi connectivity index (χ3v) is 4.75. The molecule has 0 aromatic carbocycles. The van der Waals surface area contributed by atoms with Crippen LogP contribution >= 0.6 is 11.6 Å². The number of hydrogen-bond donors (Lipinski definition) is 2. The van der Waals surface area contributed by atoms with Gasteiger partial charge in [0.2, 0.25) is 5.92 Å². The van der Waals surface area contributed by atoms with Crippen LogP contribution < -0.4 is 5.32 Å². The first-order chi connectivity index (χ1) is 12.4. The molecule has 136 valence electrons. The number of H-pyrrole nitrogens is 1. The molecule has 0 spiro atoms. The van der Waals surface area contributed by atoms with Crippen molar-refractivity contribution in [2.45, 2.75) is 37.6 Å². The van der Waals surface area contributed by atoms with E-state index in [9.17, 15) is 13.2 Å². The molecular formula is C17H15ClF3N5. The van der Waals surface area contributed by atoms with Gasteiger partial charge in [0, 0.05) is 42.2 Å². The van der Waals surface area contributed by atoms with Gasteiger partial charge in [-0.05, 0) is 18.9 Å². The zero-order chi connectivity index (χ0) is 18.3. The van der Waals surface area contributed by atoms with E-state index in [1.54, 1.807) is 12.3 Å². The Morgan fingerprint density at radius 1 is 1.19 bits per heavy atom. The van der Waals surface area contributed by atoms with E-state index in [0.717, 1.165) is 6.20 Å². The molecule has 1 fully saturated rings. The molecule has 2 N–H and O–H groups in total. The van der Waals surface area contributed by atoms with Crippen molar-refractivity contribution >= 4 is 28.5 Å². The molecule has 1 aliphatic carbocycles. The summed E-state index contributed by atoms with van der Waals surface area (Å²) in [6.45, 7) is 0. The molecule has 1 saturated carbocycles. The predicted molar refractivity (Wildman–Crippen MR) is 92.9 cm³/mol. The van der Waals surface area contributed by atoms with Gasteiger partial charge in [0.25, 0.3) is 0 Å². The Labute approximate surface area is 152 Å². The first-order valence-electron chi connectivity index (χ1n) is 8.21. The predicted octanol–water partition coefficient (Wildman–Crippen LogP) is 4.80. The summed E-state index contributed by atoms with van der Waals surface area (Å²) in [7, 11) is 0.